The molecule has 0 aliphatic heterocycles. The number of methoxy groups -OCH3 is 3. The Morgan fingerprint density at radius 1 is 0.765 bits per heavy atom. The van der Waals surface area contributed by atoms with Crippen molar-refractivity contribution < 1.29 is 14.2 Å². The lowest BCUT2D eigenvalue weighted by Crippen LogP contribution is -2.05. The maximum absolute atomic E-state index is 5.76. The monoisotopic (exact) mass is 453 g/mol. The number of ether oxygens (including phenoxy) is 3. The van der Waals surface area contributed by atoms with Gasteiger partial charge in [-0.25, -0.2) is 10.1 Å². The van der Waals surface area contributed by atoms with Gasteiger partial charge in [-0.15, -0.1) is 0 Å². The van der Waals surface area contributed by atoms with E-state index < -0.39 is 0 Å². The molecule has 0 unspecified atom stereocenters. The number of nitrogens with one attached hydrogen (secondary N) is 1. The van der Waals surface area contributed by atoms with Crippen molar-refractivity contribution >= 4 is 0 Å². The fraction of sp³-hybridized carbons (Fsp3) is 0.115. The summed E-state index contributed by atoms with van der Waals surface area (Å²) in [5, 5.41) is 7.09. The first kappa shape index (κ1) is 21.3. The highest BCUT2D eigenvalue weighted by Crippen LogP contribution is 2.45. The lowest BCUT2D eigenvalue weighted by molar-refractivity contribution is 0.377. The van der Waals surface area contributed by atoms with E-state index in [-0.39, 0.29) is 0 Å². The van der Waals surface area contributed by atoms with Crippen molar-refractivity contribution in [1.29, 1.82) is 0 Å². The second-order valence-electron chi connectivity index (χ2n) is 7.42. The third-order valence-corrected chi connectivity index (χ3v) is 5.52. The van der Waals surface area contributed by atoms with E-state index in [1.807, 2.05) is 77.4 Å². The average Bonchev–Trinajstić information content (AvgIpc) is 3.57. The summed E-state index contributed by atoms with van der Waals surface area (Å²) in [7, 11) is 4.82. The molecule has 0 saturated heterocycles. The molecule has 5 rings (SSSR count). The highest BCUT2D eigenvalue weighted by Gasteiger charge is 2.28. The van der Waals surface area contributed by atoms with Crippen LogP contribution in [-0.4, -0.2) is 46.1 Å². The minimum atomic E-state index is 0.517. The molecule has 8 heteroatoms. The van der Waals surface area contributed by atoms with Crippen LogP contribution in [0.25, 0.3) is 39.9 Å². The second-order valence-corrected chi connectivity index (χ2v) is 7.42. The third-order valence-electron chi connectivity index (χ3n) is 5.52. The summed E-state index contributed by atoms with van der Waals surface area (Å²) in [6.07, 6.45) is 1.47. The molecule has 0 atom stereocenters. The van der Waals surface area contributed by atoms with Gasteiger partial charge in [0.05, 0.1) is 32.7 Å². The molecule has 3 aromatic carbocycles. The molecule has 0 fully saturated rings. The molecule has 0 spiro atoms. The van der Waals surface area contributed by atoms with E-state index >= 15 is 0 Å². The first-order valence-electron chi connectivity index (χ1n) is 10.6. The number of rotatable bonds is 7. The molecule has 34 heavy (non-hydrogen) atoms. The van der Waals surface area contributed by atoms with Crippen molar-refractivity contribution in [2.75, 3.05) is 21.3 Å². The lowest BCUT2D eigenvalue weighted by Gasteiger charge is -2.16. The Morgan fingerprint density at radius 2 is 1.38 bits per heavy atom. The number of nitrogens with zero attached hydrogens (tertiary/aromatic N) is 4. The molecule has 8 nitrogen and oxygen atoms in total. The van der Waals surface area contributed by atoms with Crippen molar-refractivity contribution in [2.24, 2.45) is 0 Å². The molecule has 0 amide bonds. The summed E-state index contributed by atoms with van der Waals surface area (Å²) >= 11 is 0. The highest BCUT2D eigenvalue weighted by molar-refractivity contribution is 5.86. The number of hydrogen-bond donors (Lipinski definition) is 1. The van der Waals surface area contributed by atoms with E-state index in [1.54, 1.807) is 21.3 Å². The molecule has 2 heterocycles. The molecule has 1 N–H and O–H groups in total. The number of benzene rings is 3. The standard InChI is InChI=1S/C26H23N5O3/c1-32-19-14-20(33-2)22(21(15-19)34-3)25-29-23(17-10-6-4-7-11-17)24(18-12-8-5-9-13-18)31(25)26-27-16-28-30-26/h4-16H,1-3H3,(H,27,28,30). The second kappa shape index (κ2) is 9.11. The minimum absolute atomic E-state index is 0.517. The van der Waals surface area contributed by atoms with E-state index in [0.717, 1.165) is 22.5 Å². The third kappa shape index (κ3) is 3.65. The highest BCUT2D eigenvalue weighted by atomic mass is 16.5. The first-order valence-corrected chi connectivity index (χ1v) is 10.6. The zero-order valence-corrected chi connectivity index (χ0v) is 19.0. The van der Waals surface area contributed by atoms with Gasteiger partial charge in [0, 0.05) is 23.3 Å². The van der Waals surface area contributed by atoms with Gasteiger partial charge in [-0.1, -0.05) is 60.7 Å². The predicted octanol–water partition coefficient (Wildman–Crippen LogP) is 5.02. The summed E-state index contributed by atoms with van der Waals surface area (Å²) in [5.41, 5.74) is 4.26. The number of hydrogen-bond acceptors (Lipinski definition) is 6. The van der Waals surface area contributed by atoms with Crippen LogP contribution in [0.2, 0.25) is 0 Å². The van der Waals surface area contributed by atoms with Gasteiger partial charge in [0.25, 0.3) is 0 Å². The maximum Gasteiger partial charge on any atom is 0.231 e. The van der Waals surface area contributed by atoms with Gasteiger partial charge in [0.15, 0.2) is 5.82 Å². The van der Waals surface area contributed by atoms with Crippen LogP contribution in [-0.2, 0) is 0 Å². The van der Waals surface area contributed by atoms with Crippen LogP contribution in [0.1, 0.15) is 0 Å². The van der Waals surface area contributed by atoms with Crippen molar-refractivity contribution in [3.05, 3.63) is 79.1 Å². The van der Waals surface area contributed by atoms with Crippen molar-refractivity contribution in [1.82, 2.24) is 24.7 Å². The molecule has 0 aliphatic carbocycles. The molecule has 0 bridgehead atoms. The maximum atomic E-state index is 5.76. The van der Waals surface area contributed by atoms with Crippen LogP contribution in [0.5, 0.6) is 17.2 Å². The fourth-order valence-corrected chi connectivity index (χ4v) is 3.99. The topological polar surface area (TPSA) is 87.1 Å². The Hall–Kier alpha value is -4.59. The number of imidazole rings is 1. The number of aromatic nitrogens is 5. The summed E-state index contributed by atoms with van der Waals surface area (Å²) in [6.45, 7) is 0. The Kier molecular flexibility index (Phi) is 5.70. The van der Waals surface area contributed by atoms with Crippen molar-refractivity contribution in [3.63, 3.8) is 0 Å². The van der Waals surface area contributed by atoms with E-state index in [2.05, 4.69) is 15.2 Å². The lowest BCUT2D eigenvalue weighted by atomic mass is 10.0. The molecular weight excluding hydrogens is 430 g/mol. The number of aromatic amines is 1. The molecule has 0 aliphatic rings. The van der Waals surface area contributed by atoms with Gasteiger partial charge in [-0.3, -0.25) is 4.57 Å². The molecule has 2 aromatic heterocycles. The van der Waals surface area contributed by atoms with Gasteiger partial charge in [-0.05, 0) is 0 Å². The SMILES string of the molecule is COc1cc(OC)c(-c2nc(-c3ccccc3)c(-c3ccccc3)n2-c2ncn[nH]2)c(OC)c1. The average molecular weight is 454 g/mol. The summed E-state index contributed by atoms with van der Waals surface area (Å²) in [5.74, 6) is 2.83. The Morgan fingerprint density at radius 3 is 1.91 bits per heavy atom. The Bertz CT molecular complexity index is 1370. The van der Waals surface area contributed by atoms with Gasteiger partial charge in [-0.2, -0.15) is 10.1 Å². The van der Waals surface area contributed by atoms with Crippen LogP contribution in [0, 0.1) is 0 Å². The van der Waals surface area contributed by atoms with E-state index in [1.165, 1.54) is 6.33 Å². The van der Waals surface area contributed by atoms with Crippen LogP contribution in [0.15, 0.2) is 79.1 Å². The normalized spacial score (nSPS) is 10.8. The van der Waals surface area contributed by atoms with Crippen molar-refractivity contribution in [2.45, 2.75) is 0 Å². The van der Waals surface area contributed by atoms with Crippen LogP contribution < -0.4 is 14.2 Å². The first-order chi connectivity index (χ1) is 16.7. The summed E-state index contributed by atoms with van der Waals surface area (Å²) < 4.78 is 18.9. The molecule has 0 saturated carbocycles. The van der Waals surface area contributed by atoms with Gasteiger partial charge >= 0.3 is 0 Å². The zero-order chi connectivity index (χ0) is 23.5. The van der Waals surface area contributed by atoms with Crippen LogP contribution in [0.4, 0.5) is 0 Å². The van der Waals surface area contributed by atoms with Gasteiger partial charge in [0.2, 0.25) is 5.95 Å². The Labute approximate surface area is 196 Å². The van der Waals surface area contributed by atoms with Crippen LogP contribution >= 0.6 is 0 Å². The largest absolute Gasteiger partial charge is 0.496 e. The minimum Gasteiger partial charge on any atom is -0.496 e. The fourth-order valence-electron chi connectivity index (χ4n) is 3.99. The molecular formula is C26H23N5O3. The summed E-state index contributed by atoms with van der Waals surface area (Å²) in [4.78, 5) is 9.59. The smallest absolute Gasteiger partial charge is 0.231 e. The number of H-pyrrole nitrogens is 1. The Balaban J connectivity index is 1.92. The van der Waals surface area contributed by atoms with Crippen molar-refractivity contribution in [3.8, 4) is 57.1 Å². The molecule has 0 radical (unpaired) electrons. The quantitative estimate of drug-likeness (QED) is 0.372. The summed E-state index contributed by atoms with van der Waals surface area (Å²) in [6, 6.07) is 23.7. The van der Waals surface area contributed by atoms with Crippen LogP contribution in [0.3, 0.4) is 0 Å². The predicted molar refractivity (Wildman–Crippen MR) is 129 cm³/mol. The van der Waals surface area contributed by atoms with E-state index in [0.29, 0.717) is 34.6 Å². The molecule has 5 aromatic rings. The van der Waals surface area contributed by atoms with E-state index in [4.69, 9.17) is 19.2 Å². The van der Waals surface area contributed by atoms with E-state index in [9.17, 15) is 0 Å². The molecule has 170 valence electrons. The van der Waals surface area contributed by atoms with Gasteiger partial charge in [0.1, 0.15) is 29.1 Å². The van der Waals surface area contributed by atoms with Gasteiger partial charge < -0.3 is 14.2 Å². The zero-order valence-electron chi connectivity index (χ0n) is 19.0.